The molecule has 8 heteroatoms. The van der Waals surface area contributed by atoms with E-state index in [1.165, 1.54) is 18.2 Å². The van der Waals surface area contributed by atoms with E-state index in [1.807, 2.05) is 32.0 Å². The average molecular weight is 395 g/mol. The first-order valence-electron chi connectivity index (χ1n) is 8.38. The summed E-state index contributed by atoms with van der Waals surface area (Å²) in [5.74, 6) is -0.324. The first-order chi connectivity index (χ1) is 13.3. The molecule has 0 bridgehead atoms. The Morgan fingerprint density at radius 3 is 2.43 bits per heavy atom. The second-order valence-corrected chi connectivity index (χ2v) is 6.63. The summed E-state index contributed by atoms with van der Waals surface area (Å²) in [6.45, 7) is 3.93. The van der Waals surface area contributed by atoms with Gasteiger partial charge in [0.1, 0.15) is 5.76 Å². The first kappa shape index (κ1) is 19.2. The van der Waals surface area contributed by atoms with Crippen molar-refractivity contribution < 1.29 is 14.1 Å². The zero-order valence-electron chi connectivity index (χ0n) is 15.2. The van der Waals surface area contributed by atoms with Gasteiger partial charge < -0.3 is 9.73 Å². The van der Waals surface area contributed by atoms with Crippen LogP contribution in [0.3, 0.4) is 0 Å². The summed E-state index contributed by atoms with van der Waals surface area (Å²) >= 11 is 5.18. The largest absolute Gasteiger partial charge is 0.451 e. The van der Waals surface area contributed by atoms with Crippen LogP contribution in [0.25, 0.3) is 11.3 Å². The number of aryl methyl sites for hydroxylation is 2. The van der Waals surface area contributed by atoms with Crippen LogP contribution in [0, 0.1) is 24.0 Å². The molecule has 1 heterocycles. The molecule has 0 atom stereocenters. The van der Waals surface area contributed by atoms with E-state index in [-0.39, 0.29) is 22.3 Å². The number of amides is 1. The van der Waals surface area contributed by atoms with Crippen molar-refractivity contribution in [3.8, 4) is 11.3 Å². The second kappa shape index (κ2) is 8.01. The van der Waals surface area contributed by atoms with E-state index in [9.17, 15) is 14.9 Å². The molecule has 1 aromatic heterocycles. The van der Waals surface area contributed by atoms with Gasteiger partial charge >= 0.3 is 0 Å². The van der Waals surface area contributed by atoms with Gasteiger partial charge in [-0.25, -0.2) is 0 Å². The van der Waals surface area contributed by atoms with Crippen molar-refractivity contribution >= 4 is 34.6 Å². The topological polar surface area (TPSA) is 97.4 Å². The highest BCUT2D eigenvalue weighted by atomic mass is 32.1. The van der Waals surface area contributed by atoms with Crippen molar-refractivity contribution in [2.75, 3.05) is 5.32 Å². The lowest BCUT2D eigenvalue weighted by Gasteiger charge is -2.10. The van der Waals surface area contributed by atoms with E-state index >= 15 is 0 Å². The highest BCUT2D eigenvalue weighted by Gasteiger charge is 2.19. The van der Waals surface area contributed by atoms with E-state index in [0.717, 1.165) is 16.8 Å². The number of carbonyl (C=O) groups is 1. The minimum atomic E-state index is -0.549. The summed E-state index contributed by atoms with van der Waals surface area (Å²) in [7, 11) is 0. The summed E-state index contributed by atoms with van der Waals surface area (Å²) in [6, 6.07) is 15.0. The van der Waals surface area contributed by atoms with E-state index in [4.69, 9.17) is 16.6 Å². The Morgan fingerprint density at radius 1 is 1.07 bits per heavy atom. The van der Waals surface area contributed by atoms with Gasteiger partial charge in [0, 0.05) is 11.8 Å². The summed E-state index contributed by atoms with van der Waals surface area (Å²) in [5, 5.41) is 16.8. The number of benzene rings is 2. The van der Waals surface area contributed by atoms with Crippen LogP contribution < -0.4 is 10.6 Å². The summed E-state index contributed by atoms with van der Waals surface area (Å²) in [5.41, 5.74) is 3.09. The van der Waals surface area contributed by atoms with Crippen LogP contribution >= 0.6 is 12.2 Å². The lowest BCUT2D eigenvalue weighted by atomic mass is 10.1. The van der Waals surface area contributed by atoms with Crippen LogP contribution in [0.2, 0.25) is 0 Å². The molecule has 3 aromatic rings. The van der Waals surface area contributed by atoms with E-state index < -0.39 is 10.8 Å². The molecule has 0 saturated carbocycles. The quantitative estimate of drug-likeness (QED) is 0.381. The number of nitrogens with one attached hydrogen (secondary N) is 2. The van der Waals surface area contributed by atoms with Gasteiger partial charge in [-0.3, -0.25) is 20.2 Å². The van der Waals surface area contributed by atoms with Crippen molar-refractivity contribution in [1.82, 2.24) is 5.32 Å². The van der Waals surface area contributed by atoms with Crippen molar-refractivity contribution in [2.24, 2.45) is 0 Å². The molecule has 142 valence electrons. The predicted molar refractivity (Wildman–Crippen MR) is 110 cm³/mol. The molecule has 0 fully saturated rings. The molecule has 0 aliphatic carbocycles. The summed E-state index contributed by atoms with van der Waals surface area (Å²) < 4.78 is 5.51. The standard InChI is InChI=1S/C20H17N3O4S/c1-12-9-13(2)11-14(10-12)21-20(28)22-19(24)18-8-7-17(27-18)15-5-3-4-6-16(15)23(25)26/h3-11H,1-2H3,(H2,21,22,24,28). The molecule has 2 N–H and O–H groups in total. The van der Waals surface area contributed by atoms with Gasteiger partial charge in [0.05, 0.1) is 10.5 Å². The minimum Gasteiger partial charge on any atom is -0.451 e. The van der Waals surface area contributed by atoms with Crippen LogP contribution in [0.5, 0.6) is 0 Å². The SMILES string of the molecule is Cc1cc(C)cc(NC(=S)NC(=O)c2ccc(-c3ccccc3[N+](=O)[O-])o2)c1. The summed E-state index contributed by atoms with van der Waals surface area (Å²) in [6.07, 6.45) is 0. The zero-order valence-corrected chi connectivity index (χ0v) is 16.0. The first-order valence-corrected chi connectivity index (χ1v) is 8.78. The van der Waals surface area contributed by atoms with E-state index in [2.05, 4.69) is 10.6 Å². The van der Waals surface area contributed by atoms with Gasteiger partial charge in [0.15, 0.2) is 10.9 Å². The smallest absolute Gasteiger partial charge is 0.293 e. The van der Waals surface area contributed by atoms with Crippen molar-refractivity contribution in [1.29, 1.82) is 0 Å². The maximum Gasteiger partial charge on any atom is 0.293 e. The Hall–Kier alpha value is -3.52. The molecule has 0 unspecified atom stereocenters. The molecule has 0 aliphatic heterocycles. The third-order valence-electron chi connectivity index (χ3n) is 3.90. The van der Waals surface area contributed by atoms with Gasteiger partial charge in [-0.15, -0.1) is 0 Å². The van der Waals surface area contributed by atoms with Gasteiger partial charge in [0.25, 0.3) is 11.6 Å². The number of nitrogens with zero attached hydrogens (tertiary/aromatic N) is 1. The molecule has 3 rings (SSSR count). The number of hydrogen-bond donors (Lipinski definition) is 2. The fourth-order valence-corrected chi connectivity index (χ4v) is 3.03. The number of thiocarbonyl (C=S) groups is 1. The Labute approximate surface area is 166 Å². The molecule has 2 aromatic carbocycles. The maximum atomic E-state index is 12.4. The van der Waals surface area contributed by atoms with Crippen LogP contribution in [0.4, 0.5) is 11.4 Å². The fourth-order valence-electron chi connectivity index (χ4n) is 2.82. The molecule has 0 spiro atoms. The van der Waals surface area contributed by atoms with Crippen molar-refractivity contribution in [2.45, 2.75) is 13.8 Å². The lowest BCUT2D eigenvalue weighted by molar-refractivity contribution is -0.384. The fraction of sp³-hybridized carbons (Fsp3) is 0.100. The third kappa shape index (κ3) is 4.41. The number of rotatable bonds is 4. The monoisotopic (exact) mass is 395 g/mol. The number of furan rings is 1. The molecule has 7 nitrogen and oxygen atoms in total. The van der Waals surface area contributed by atoms with Gasteiger partial charge in [-0.2, -0.15) is 0 Å². The Kier molecular flexibility index (Phi) is 5.51. The second-order valence-electron chi connectivity index (χ2n) is 6.22. The zero-order chi connectivity index (χ0) is 20.3. The average Bonchev–Trinajstić information content (AvgIpc) is 3.10. The normalized spacial score (nSPS) is 10.4. The number of anilines is 1. The summed E-state index contributed by atoms with van der Waals surface area (Å²) in [4.78, 5) is 23.0. The highest BCUT2D eigenvalue weighted by Crippen LogP contribution is 2.30. The molecule has 1 amide bonds. The number of carbonyl (C=O) groups excluding carboxylic acids is 1. The molecular weight excluding hydrogens is 378 g/mol. The molecule has 0 saturated heterocycles. The lowest BCUT2D eigenvalue weighted by Crippen LogP contribution is -2.33. The molecular formula is C20H17N3O4S. The van der Waals surface area contributed by atoms with Crippen molar-refractivity contribution in [3.05, 3.63) is 81.6 Å². The highest BCUT2D eigenvalue weighted by molar-refractivity contribution is 7.80. The minimum absolute atomic E-state index is 0.00211. The van der Waals surface area contributed by atoms with Crippen LogP contribution in [-0.2, 0) is 0 Å². The number of nitro groups is 1. The molecule has 0 radical (unpaired) electrons. The van der Waals surface area contributed by atoms with Gasteiger partial charge in [0.2, 0.25) is 0 Å². The third-order valence-corrected chi connectivity index (χ3v) is 4.11. The number of hydrogen-bond acceptors (Lipinski definition) is 5. The van der Waals surface area contributed by atoms with Crippen LogP contribution in [0.15, 0.2) is 59.0 Å². The molecule has 28 heavy (non-hydrogen) atoms. The molecule has 0 aliphatic rings. The van der Waals surface area contributed by atoms with Crippen molar-refractivity contribution in [3.63, 3.8) is 0 Å². The van der Waals surface area contributed by atoms with E-state index in [1.54, 1.807) is 18.2 Å². The maximum absolute atomic E-state index is 12.4. The Bertz CT molecular complexity index is 1050. The number of nitro benzene ring substituents is 1. The van der Waals surface area contributed by atoms with Crippen LogP contribution in [0.1, 0.15) is 21.7 Å². The van der Waals surface area contributed by atoms with E-state index in [0.29, 0.717) is 5.56 Å². The number of para-hydroxylation sites is 1. The predicted octanol–water partition coefficient (Wildman–Crippen LogP) is 4.60. The van der Waals surface area contributed by atoms with Gasteiger partial charge in [-0.1, -0.05) is 18.2 Å². The van der Waals surface area contributed by atoms with Crippen LogP contribution in [-0.4, -0.2) is 15.9 Å². The Morgan fingerprint density at radius 2 is 1.75 bits per heavy atom. The van der Waals surface area contributed by atoms with Gasteiger partial charge in [-0.05, 0) is 67.5 Å². The Balaban J connectivity index is 1.72.